The fraction of sp³-hybridized carbons (Fsp3) is 0.235. The van der Waals surface area contributed by atoms with Crippen molar-refractivity contribution in [2.45, 2.75) is 13.1 Å². The molecule has 1 amide bonds. The van der Waals surface area contributed by atoms with Gasteiger partial charge in [-0.15, -0.1) is 0 Å². The number of ether oxygens (including phenoxy) is 2. The number of alkyl halides is 3. The molecule has 0 atom stereocenters. The van der Waals surface area contributed by atoms with E-state index >= 15 is 0 Å². The second-order valence-corrected chi connectivity index (χ2v) is 5.51. The summed E-state index contributed by atoms with van der Waals surface area (Å²) >= 11 is 5.79. The molecule has 0 saturated carbocycles. The molecule has 0 unspecified atom stereocenters. The summed E-state index contributed by atoms with van der Waals surface area (Å²) in [6.07, 6.45) is -3.17. The maximum atomic E-state index is 12.7. The number of anilines is 1. The number of nitrogens with one attached hydrogen (secondary N) is 1. The van der Waals surface area contributed by atoms with Crippen molar-refractivity contribution in [1.29, 1.82) is 0 Å². The molecule has 0 bridgehead atoms. The molecule has 0 spiro atoms. The highest BCUT2D eigenvalue weighted by atomic mass is 35.5. The molecular weight excluding hydrogens is 389 g/mol. The Balaban J connectivity index is 2.02. The number of rotatable bonds is 6. The van der Waals surface area contributed by atoms with Crippen LogP contribution in [0.5, 0.6) is 5.88 Å². The van der Waals surface area contributed by atoms with Crippen molar-refractivity contribution in [3.8, 4) is 5.88 Å². The van der Waals surface area contributed by atoms with Crippen molar-refractivity contribution in [2.75, 3.05) is 18.5 Å². The second kappa shape index (κ2) is 8.72. The summed E-state index contributed by atoms with van der Waals surface area (Å²) in [5.74, 6) is -1.67. The molecule has 1 N–H and O–H groups in total. The molecule has 1 heterocycles. The third-order valence-electron chi connectivity index (χ3n) is 3.17. The van der Waals surface area contributed by atoms with Crippen molar-refractivity contribution in [1.82, 2.24) is 4.98 Å². The number of halogens is 4. The van der Waals surface area contributed by atoms with Crippen molar-refractivity contribution < 1.29 is 32.2 Å². The van der Waals surface area contributed by atoms with Crippen LogP contribution in [0, 0.1) is 0 Å². The Morgan fingerprint density at radius 3 is 2.67 bits per heavy atom. The second-order valence-electron chi connectivity index (χ2n) is 5.11. The molecule has 0 aliphatic rings. The van der Waals surface area contributed by atoms with Gasteiger partial charge in [0.2, 0.25) is 5.88 Å². The minimum absolute atomic E-state index is 0.0178. The van der Waals surface area contributed by atoms with Crippen LogP contribution in [0.1, 0.15) is 22.8 Å². The molecule has 27 heavy (non-hydrogen) atoms. The predicted molar refractivity (Wildman–Crippen MR) is 90.8 cm³/mol. The van der Waals surface area contributed by atoms with Gasteiger partial charge in [-0.05, 0) is 37.3 Å². The van der Waals surface area contributed by atoms with E-state index in [4.69, 9.17) is 21.1 Å². The minimum atomic E-state index is -4.59. The predicted octanol–water partition coefficient (Wildman–Crippen LogP) is 3.95. The highest BCUT2D eigenvalue weighted by Gasteiger charge is 2.31. The van der Waals surface area contributed by atoms with Gasteiger partial charge in [0.25, 0.3) is 5.91 Å². The lowest BCUT2D eigenvalue weighted by molar-refractivity contribution is -0.137. The monoisotopic (exact) mass is 402 g/mol. The molecule has 2 rings (SSSR count). The van der Waals surface area contributed by atoms with Gasteiger partial charge < -0.3 is 14.8 Å². The fourth-order valence-electron chi connectivity index (χ4n) is 1.99. The van der Waals surface area contributed by atoms with E-state index < -0.39 is 30.2 Å². The Morgan fingerprint density at radius 1 is 1.26 bits per heavy atom. The largest absolute Gasteiger partial charge is 0.477 e. The van der Waals surface area contributed by atoms with E-state index in [0.717, 1.165) is 12.1 Å². The number of esters is 1. The lowest BCUT2D eigenvalue weighted by atomic mass is 10.2. The number of nitrogens with zero attached hydrogens (tertiary/aromatic N) is 1. The summed E-state index contributed by atoms with van der Waals surface area (Å²) in [5, 5.41) is 2.09. The SMILES string of the molecule is CCOc1ncccc1C(=O)OCC(=O)Nc1cc(C(F)(F)F)ccc1Cl. The highest BCUT2D eigenvalue weighted by molar-refractivity contribution is 6.33. The van der Waals surface area contributed by atoms with E-state index in [1.165, 1.54) is 18.3 Å². The molecule has 2 aromatic rings. The van der Waals surface area contributed by atoms with Gasteiger partial charge in [-0.1, -0.05) is 11.6 Å². The summed E-state index contributed by atoms with van der Waals surface area (Å²) < 4.78 is 48.2. The van der Waals surface area contributed by atoms with Crippen molar-refractivity contribution >= 4 is 29.2 Å². The first-order valence-electron chi connectivity index (χ1n) is 7.64. The molecule has 1 aromatic carbocycles. The lowest BCUT2D eigenvalue weighted by Crippen LogP contribution is -2.22. The molecule has 10 heteroatoms. The number of pyridine rings is 1. The van der Waals surface area contributed by atoms with Crippen LogP contribution in [0.15, 0.2) is 36.5 Å². The zero-order valence-corrected chi connectivity index (χ0v) is 14.7. The quantitative estimate of drug-likeness (QED) is 0.740. The fourth-order valence-corrected chi connectivity index (χ4v) is 2.16. The molecule has 6 nitrogen and oxygen atoms in total. The first-order chi connectivity index (χ1) is 12.7. The summed E-state index contributed by atoms with van der Waals surface area (Å²) in [5.41, 5.74) is -1.20. The molecule has 1 aromatic heterocycles. The van der Waals surface area contributed by atoms with Crippen LogP contribution in [0.4, 0.5) is 18.9 Å². The van der Waals surface area contributed by atoms with Gasteiger partial charge in [-0.2, -0.15) is 13.2 Å². The smallest absolute Gasteiger partial charge is 0.416 e. The number of carbonyl (C=O) groups is 2. The third kappa shape index (κ3) is 5.58. The van der Waals surface area contributed by atoms with E-state index in [1.54, 1.807) is 6.92 Å². The van der Waals surface area contributed by atoms with Crippen LogP contribution in [0.2, 0.25) is 5.02 Å². The standard InChI is InChI=1S/C17H14ClF3N2O4/c1-2-26-15-11(4-3-7-22-15)16(25)27-9-14(24)23-13-8-10(17(19,20)21)5-6-12(13)18/h3-8H,2,9H2,1H3,(H,23,24). The summed E-state index contributed by atoms with van der Waals surface area (Å²) in [4.78, 5) is 27.8. The average molecular weight is 403 g/mol. The zero-order chi connectivity index (χ0) is 20.0. The minimum Gasteiger partial charge on any atom is -0.477 e. The summed E-state index contributed by atoms with van der Waals surface area (Å²) in [6, 6.07) is 5.38. The van der Waals surface area contributed by atoms with Gasteiger partial charge in [-0.3, -0.25) is 4.79 Å². The number of hydrogen-bond donors (Lipinski definition) is 1. The summed E-state index contributed by atoms with van der Waals surface area (Å²) in [6.45, 7) is 1.24. The van der Waals surface area contributed by atoms with Crippen LogP contribution < -0.4 is 10.1 Å². The van der Waals surface area contributed by atoms with Gasteiger partial charge in [-0.25, -0.2) is 9.78 Å². The van der Waals surface area contributed by atoms with Gasteiger partial charge in [0.1, 0.15) is 5.56 Å². The molecule has 0 aliphatic heterocycles. The Kier molecular flexibility index (Phi) is 6.62. The normalized spacial score (nSPS) is 11.0. The number of hydrogen-bond acceptors (Lipinski definition) is 5. The number of amides is 1. The zero-order valence-electron chi connectivity index (χ0n) is 14.0. The molecular formula is C17H14ClF3N2O4. The van der Waals surface area contributed by atoms with Crippen LogP contribution in [0.25, 0.3) is 0 Å². The van der Waals surface area contributed by atoms with Crippen molar-refractivity contribution in [3.63, 3.8) is 0 Å². The van der Waals surface area contributed by atoms with Gasteiger partial charge in [0.05, 0.1) is 22.9 Å². The molecule has 0 fully saturated rings. The van der Waals surface area contributed by atoms with E-state index in [0.29, 0.717) is 6.07 Å². The first-order valence-corrected chi connectivity index (χ1v) is 8.01. The number of benzene rings is 1. The Labute approximate surface area is 157 Å². The van der Waals surface area contributed by atoms with E-state index in [9.17, 15) is 22.8 Å². The van der Waals surface area contributed by atoms with Gasteiger partial charge in [0.15, 0.2) is 6.61 Å². The Morgan fingerprint density at radius 2 is 2.00 bits per heavy atom. The maximum absolute atomic E-state index is 12.7. The average Bonchev–Trinajstić information content (AvgIpc) is 2.61. The third-order valence-corrected chi connectivity index (χ3v) is 3.50. The molecule has 0 saturated heterocycles. The maximum Gasteiger partial charge on any atom is 0.416 e. The topological polar surface area (TPSA) is 77.5 Å². The first kappa shape index (κ1) is 20.5. The van der Waals surface area contributed by atoms with Crippen LogP contribution >= 0.6 is 11.6 Å². The van der Waals surface area contributed by atoms with Gasteiger partial charge >= 0.3 is 12.1 Å². The Hall–Kier alpha value is -2.81. The number of carbonyl (C=O) groups excluding carboxylic acids is 2. The van der Waals surface area contributed by atoms with Gasteiger partial charge in [0, 0.05) is 6.20 Å². The van der Waals surface area contributed by atoms with E-state index in [2.05, 4.69) is 10.3 Å². The van der Waals surface area contributed by atoms with Crippen molar-refractivity contribution in [3.05, 3.63) is 52.7 Å². The van der Waals surface area contributed by atoms with Crippen LogP contribution in [-0.4, -0.2) is 30.1 Å². The number of aromatic nitrogens is 1. The highest BCUT2D eigenvalue weighted by Crippen LogP contribution is 2.33. The van der Waals surface area contributed by atoms with Crippen LogP contribution in [0.3, 0.4) is 0 Å². The summed E-state index contributed by atoms with van der Waals surface area (Å²) in [7, 11) is 0. The molecule has 144 valence electrons. The molecule has 0 radical (unpaired) electrons. The lowest BCUT2D eigenvalue weighted by Gasteiger charge is -2.12. The van der Waals surface area contributed by atoms with Crippen LogP contribution in [-0.2, 0) is 15.7 Å². The van der Waals surface area contributed by atoms with E-state index in [-0.39, 0.29) is 28.8 Å². The Bertz CT molecular complexity index is 843. The molecule has 0 aliphatic carbocycles. The van der Waals surface area contributed by atoms with Crippen molar-refractivity contribution in [2.24, 2.45) is 0 Å². The van der Waals surface area contributed by atoms with E-state index in [1.807, 2.05) is 0 Å².